The van der Waals surface area contributed by atoms with E-state index in [9.17, 15) is 4.79 Å². The Morgan fingerprint density at radius 2 is 1.59 bits per heavy atom. The first-order valence-electron chi connectivity index (χ1n) is 9.53. The zero-order chi connectivity index (χ0) is 19.3. The number of nitrogens with zero attached hydrogens (tertiary/aromatic N) is 1. The molecule has 0 aliphatic carbocycles. The fraction of sp³-hybridized carbons (Fsp3) is 0.364. The third kappa shape index (κ3) is 7.94. The summed E-state index contributed by atoms with van der Waals surface area (Å²) in [6, 6.07) is 20.1. The Bertz CT molecular complexity index is 701. The zero-order valence-electron chi connectivity index (χ0n) is 16.2. The number of rotatable bonds is 9. The van der Waals surface area contributed by atoms with Crippen molar-refractivity contribution in [1.29, 1.82) is 0 Å². The van der Waals surface area contributed by atoms with Gasteiger partial charge < -0.3 is 16.0 Å². The molecule has 0 bridgehead atoms. The molecule has 0 aliphatic heterocycles. The minimum absolute atomic E-state index is 0.0346. The zero-order valence-corrected chi connectivity index (χ0v) is 16.2. The molecule has 1 unspecified atom stereocenters. The highest BCUT2D eigenvalue weighted by molar-refractivity contribution is 5.94. The number of amides is 1. The van der Waals surface area contributed by atoms with Gasteiger partial charge >= 0.3 is 0 Å². The molecule has 0 aromatic heterocycles. The van der Waals surface area contributed by atoms with Crippen molar-refractivity contribution in [2.75, 3.05) is 20.1 Å². The van der Waals surface area contributed by atoms with Crippen LogP contribution in [0.2, 0.25) is 0 Å². The van der Waals surface area contributed by atoms with Gasteiger partial charge in [0, 0.05) is 31.7 Å². The van der Waals surface area contributed by atoms with E-state index in [0.717, 1.165) is 31.8 Å². The highest BCUT2D eigenvalue weighted by Gasteiger charge is 2.06. The number of carbonyl (C=O) groups excluding carboxylic acids is 1. The van der Waals surface area contributed by atoms with Gasteiger partial charge in [-0.3, -0.25) is 9.79 Å². The standard InChI is InChI=1S/C22H30N4O/c1-18(14-15-19-10-5-3-6-11-19)26-22(23-2)25-17-9-16-24-21(27)20-12-7-4-8-13-20/h3-8,10-13,18H,9,14-17H2,1-2H3,(H,24,27)(H2,23,25,26). The molecule has 0 aliphatic rings. The van der Waals surface area contributed by atoms with Crippen LogP contribution in [0.25, 0.3) is 0 Å². The molecule has 5 nitrogen and oxygen atoms in total. The molecular weight excluding hydrogens is 336 g/mol. The number of aryl methyl sites for hydroxylation is 1. The van der Waals surface area contributed by atoms with E-state index in [-0.39, 0.29) is 5.91 Å². The predicted molar refractivity (Wildman–Crippen MR) is 112 cm³/mol. The van der Waals surface area contributed by atoms with Crippen LogP contribution >= 0.6 is 0 Å². The molecule has 0 fully saturated rings. The molecule has 0 heterocycles. The van der Waals surface area contributed by atoms with Crippen LogP contribution in [0.5, 0.6) is 0 Å². The third-order valence-corrected chi connectivity index (χ3v) is 4.28. The van der Waals surface area contributed by atoms with Crippen LogP contribution in [0, 0.1) is 0 Å². The Labute approximate surface area is 162 Å². The van der Waals surface area contributed by atoms with Gasteiger partial charge in [0.1, 0.15) is 0 Å². The van der Waals surface area contributed by atoms with E-state index in [2.05, 4.69) is 52.1 Å². The van der Waals surface area contributed by atoms with E-state index >= 15 is 0 Å². The van der Waals surface area contributed by atoms with Gasteiger partial charge in [-0.15, -0.1) is 0 Å². The number of nitrogens with one attached hydrogen (secondary N) is 3. The van der Waals surface area contributed by atoms with E-state index in [1.807, 2.05) is 36.4 Å². The molecule has 144 valence electrons. The molecule has 2 aromatic carbocycles. The van der Waals surface area contributed by atoms with Crippen LogP contribution in [0.1, 0.15) is 35.7 Å². The fourth-order valence-corrected chi connectivity index (χ4v) is 2.72. The van der Waals surface area contributed by atoms with Crippen molar-refractivity contribution in [3.8, 4) is 0 Å². The minimum atomic E-state index is -0.0346. The van der Waals surface area contributed by atoms with Crippen LogP contribution in [0.4, 0.5) is 0 Å². The molecule has 27 heavy (non-hydrogen) atoms. The SMILES string of the molecule is CN=C(NCCCNC(=O)c1ccccc1)NC(C)CCc1ccccc1. The van der Waals surface area contributed by atoms with E-state index in [1.165, 1.54) is 5.56 Å². The third-order valence-electron chi connectivity index (χ3n) is 4.28. The highest BCUT2D eigenvalue weighted by Crippen LogP contribution is 2.04. The van der Waals surface area contributed by atoms with Crippen LogP contribution < -0.4 is 16.0 Å². The average molecular weight is 367 g/mol. The van der Waals surface area contributed by atoms with E-state index in [4.69, 9.17) is 0 Å². The Balaban J connectivity index is 1.60. The van der Waals surface area contributed by atoms with Gasteiger partial charge in [0.15, 0.2) is 5.96 Å². The molecule has 0 spiro atoms. The molecule has 1 atom stereocenters. The summed E-state index contributed by atoms with van der Waals surface area (Å²) in [5.41, 5.74) is 2.04. The topological polar surface area (TPSA) is 65.5 Å². The molecule has 0 saturated carbocycles. The van der Waals surface area contributed by atoms with Crippen molar-refractivity contribution >= 4 is 11.9 Å². The van der Waals surface area contributed by atoms with Crippen molar-refractivity contribution in [1.82, 2.24) is 16.0 Å². The second-order valence-corrected chi connectivity index (χ2v) is 6.54. The number of carbonyl (C=O) groups is 1. The Morgan fingerprint density at radius 1 is 0.963 bits per heavy atom. The van der Waals surface area contributed by atoms with E-state index in [0.29, 0.717) is 18.2 Å². The molecule has 2 aromatic rings. The van der Waals surface area contributed by atoms with Crippen molar-refractivity contribution in [3.05, 3.63) is 71.8 Å². The number of benzene rings is 2. The maximum Gasteiger partial charge on any atom is 0.251 e. The van der Waals surface area contributed by atoms with Crippen molar-refractivity contribution in [2.45, 2.75) is 32.2 Å². The Kier molecular flexibility index (Phi) is 8.90. The lowest BCUT2D eigenvalue weighted by atomic mass is 10.1. The van der Waals surface area contributed by atoms with Crippen LogP contribution in [-0.4, -0.2) is 38.0 Å². The molecule has 5 heteroatoms. The maximum atomic E-state index is 12.0. The lowest BCUT2D eigenvalue weighted by molar-refractivity contribution is 0.0953. The number of hydrogen-bond donors (Lipinski definition) is 3. The van der Waals surface area contributed by atoms with Crippen molar-refractivity contribution < 1.29 is 4.79 Å². The number of guanidine groups is 1. The first-order valence-corrected chi connectivity index (χ1v) is 9.53. The lowest BCUT2D eigenvalue weighted by Gasteiger charge is -2.18. The molecule has 0 saturated heterocycles. The lowest BCUT2D eigenvalue weighted by Crippen LogP contribution is -2.43. The van der Waals surface area contributed by atoms with Gasteiger partial charge in [0.25, 0.3) is 5.91 Å². The van der Waals surface area contributed by atoms with E-state index in [1.54, 1.807) is 7.05 Å². The van der Waals surface area contributed by atoms with Gasteiger partial charge in [-0.2, -0.15) is 0 Å². The molecule has 1 amide bonds. The summed E-state index contributed by atoms with van der Waals surface area (Å²) in [7, 11) is 1.77. The monoisotopic (exact) mass is 366 g/mol. The van der Waals surface area contributed by atoms with Gasteiger partial charge in [-0.05, 0) is 43.9 Å². The van der Waals surface area contributed by atoms with Gasteiger partial charge in [0.05, 0.1) is 0 Å². The first-order chi connectivity index (χ1) is 13.2. The summed E-state index contributed by atoms with van der Waals surface area (Å²) < 4.78 is 0. The molecule has 0 radical (unpaired) electrons. The summed E-state index contributed by atoms with van der Waals surface area (Å²) in [4.78, 5) is 16.2. The molecule has 2 rings (SSSR count). The summed E-state index contributed by atoms with van der Waals surface area (Å²) in [5, 5.41) is 9.64. The minimum Gasteiger partial charge on any atom is -0.356 e. The summed E-state index contributed by atoms with van der Waals surface area (Å²) in [6.07, 6.45) is 2.91. The van der Waals surface area contributed by atoms with Gasteiger partial charge in [0.2, 0.25) is 0 Å². The predicted octanol–water partition coefficient (Wildman–Crippen LogP) is 2.99. The molecule has 3 N–H and O–H groups in total. The molecular formula is C22H30N4O. The van der Waals surface area contributed by atoms with E-state index < -0.39 is 0 Å². The van der Waals surface area contributed by atoms with Crippen molar-refractivity contribution in [2.24, 2.45) is 4.99 Å². The van der Waals surface area contributed by atoms with Crippen LogP contribution in [-0.2, 0) is 6.42 Å². The normalized spacial score (nSPS) is 12.3. The first kappa shape index (κ1) is 20.5. The largest absolute Gasteiger partial charge is 0.356 e. The summed E-state index contributed by atoms with van der Waals surface area (Å²) in [5.74, 6) is 0.762. The quantitative estimate of drug-likeness (QED) is 0.363. The van der Waals surface area contributed by atoms with Gasteiger partial charge in [-0.25, -0.2) is 0 Å². The summed E-state index contributed by atoms with van der Waals surface area (Å²) >= 11 is 0. The van der Waals surface area contributed by atoms with Crippen molar-refractivity contribution in [3.63, 3.8) is 0 Å². The highest BCUT2D eigenvalue weighted by atomic mass is 16.1. The van der Waals surface area contributed by atoms with Crippen LogP contribution in [0.15, 0.2) is 65.7 Å². The maximum absolute atomic E-state index is 12.0. The second kappa shape index (κ2) is 11.7. The average Bonchev–Trinajstić information content (AvgIpc) is 2.72. The van der Waals surface area contributed by atoms with Gasteiger partial charge in [-0.1, -0.05) is 48.5 Å². The van der Waals surface area contributed by atoms with Crippen LogP contribution in [0.3, 0.4) is 0 Å². The second-order valence-electron chi connectivity index (χ2n) is 6.54. The summed E-state index contributed by atoms with van der Waals surface area (Å²) in [6.45, 7) is 3.54. The Morgan fingerprint density at radius 3 is 2.26 bits per heavy atom. The number of hydrogen-bond acceptors (Lipinski definition) is 2. The number of aliphatic imine (C=N–C) groups is 1. The fourth-order valence-electron chi connectivity index (χ4n) is 2.72. The Hall–Kier alpha value is -2.82. The smallest absolute Gasteiger partial charge is 0.251 e.